The van der Waals surface area contributed by atoms with E-state index in [1.54, 1.807) is 0 Å². The largest absolute Gasteiger partial charge is 0.456 e. The molecule has 2 aliphatic heterocycles. The number of likely N-dealkylation sites (tertiary alicyclic amines) is 2. The highest BCUT2D eigenvalue weighted by Crippen LogP contribution is 2.31. The van der Waals surface area contributed by atoms with Crippen LogP contribution >= 0.6 is 0 Å². The van der Waals surface area contributed by atoms with Crippen LogP contribution in [0.2, 0.25) is 0 Å². The van der Waals surface area contributed by atoms with Crippen molar-refractivity contribution in [3.05, 3.63) is 23.7 Å². The standard InChI is InChI=1S/C17H26N2O2/c1-3-13-9-10-16(21-13)17(20)19-12-6-8-15(19)14-7-5-11-18(14)4-2/h9-10,14-15H,3-8,11-12H2,1-2H3/t14-,15-/m1/s1. The van der Waals surface area contributed by atoms with Crippen LogP contribution in [-0.4, -0.2) is 47.4 Å². The second-order valence-corrected chi connectivity index (χ2v) is 6.17. The van der Waals surface area contributed by atoms with Crippen molar-refractivity contribution in [3.8, 4) is 0 Å². The minimum atomic E-state index is 0.0835. The van der Waals surface area contributed by atoms with Crippen LogP contribution in [0.25, 0.3) is 0 Å². The first-order chi connectivity index (χ1) is 10.2. The van der Waals surface area contributed by atoms with Crippen LogP contribution in [0, 0.1) is 0 Å². The van der Waals surface area contributed by atoms with Crippen molar-refractivity contribution in [2.75, 3.05) is 19.6 Å². The molecular formula is C17H26N2O2. The molecule has 2 aliphatic rings. The zero-order valence-corrected chi connectivity index (χ0v) is 13.2. The normalized spacial score (nSPS) is 26.7. The minimum absolute atomic E-state index is 0.0835. The summed E-state index contributed by atoms with van der Waals surface area (Å²) in [5.74, 6) is 1.49. The maximum atomic E-state index is 12.8. The van der Waals surface area contributed by atoms with E-state index in [-0.39, 0.29) is 5.91 Å². The van der Waals surface area contributed by atoms with Crippen molar-refractivity contribution in [1.82, 2.24) is 9.80 Å². The Kier molecular flexibility index (Phi) is 4.34. The van der Waals surface area contributed by atoms with Gasteiger partial charge >= 0.3 is 0 Å². The second kappa shape index (κ2) is 6.22. The van der Waals surface area contributed by atoms with Gasteiger partial charge in [-0.25, -0.2) is 0 Å². The summed E-state index contributed by atoms with van der Waals surface area (Å²) in [5, 5.41) is 0. The molecule has 3 rings (SSSR count). The summed E-state index contributed by atoms with van der Waals surface area (Å²) < 4.78 is 5.67. The van der Waals surface area contributed by atoms with E-state index in [0.717, 1.165) is 38.1 Å². The molecule has 116 valence electrons. The first kappa shape index (κ1) is 14.6. The van der Waals surface area contributed by atoms with Crippen molar-refractivity contribution in [2.24, 2.45) is 0 Å². The SMILES string of the molecule is CCc1ccc(C(=O)N2CCC[C@@H]2[C@H]2CCCN2CC)o1. The van der Waals surface area contributed by atoms with E-state index >= 15 is 0 Å². The first-order valence-electron chi connectivity index (χ1n) is 8.38. The number of hydrogen-bond donors (Lipinski definition) is 0. The lowest BCUT2D eigenvalue weighted by Gasteiger charge is -2.34. The van der Waals surface area contributed by atoms with Gasteiger partial charge < -0.3 is 9.32 Å². The Bertz CT molecular complexity index is 497. The van der Waals surface area contributed by atoms with Crippen molar-refractivity contribution in [1.29, 1.82) is 0 Å². The molecule has 1 amide bonds. The number of nitrogens with zero attached hydrogens (tertiary/aromatic N) is 2. The average Bonchev–Trinajstić information content (AvgIpc) is 3.23. The molecular weight excluding hydrogens is 264 g/mol. The maximum absolute atomic E-state index is 12.8. The lowest BCUT2D eigenvalue weighted by Crippen LogP contribution is -2.48. The van der Waals surface area contributed by atoms with Crippen molar-refractivity contribution in [3.63, 3.8) is 0 Å². The summed E-state index contributed by atoms with van der Waals surface area (Å²) in [6.07, 6.45) is 5.57. The molecule has 0 radical (unpaired) electrons. The molecule has 4 heteroatoms. The highest BCUT2D eigenvalue weighted by Gasteiger charge is 2.39. The summed E-state index contributed by atoms with van der Waals surface area (Å²) in [5.41, 5.74) is 0. The number of hydrogen-bond acceptors (Lipinski definition) is 3. The zero-order chi connectivity index (χ0) is 14.8. The number of likely N-dealkylation sites (N-methyl/N-ethyl adjacent to an activating group) is 1. The fraction of sp³-hybridized carbons (Fsp3) is 0.706. The number of carbonyl (C=O) groups is 1. The van der Waals surface area contributed by atoms with Crippen LogP contribution in [-0.2, 0) is 6.42 Å². The molecule has 2 atom stereocenters. The van der Waals surface area contributed by atoms with Gasteiger partial charge in [0.15, 0.2) is 5.76 Å². The smallest absolute Gasteiger partial charge is 0.289 e. The van der Waals surface area contributed by atoms with E-state index in [2.05, 4.69) is 16.7 Å². The van der Waals surface area contributed by atoms with E-state index in [9.17, 15) is 4.79 Å². The van der Waals surface area contributed by atoms with Gasteiger partial charge in [0.1, 0.15) is 5.76 Å². The third-order valence-electron chi connectivity index (χ3n) is 5.05. The van der Waals surface area contributed by atoms with Crippen LogP contribution in [0.1, 0.15) is 55.8 Å². The van der Waals surface area contributed by atoms with E-state index in [0.29, 0.717) is 17.8 Å². The fourth-order valence-electron chi connectivity index (χ4n) is 3.95. The Morgan fingerprint density at radius 1 is 1.19 bits per heavy atom. The Morgan fingerprint density at radius 2 is 1.95 bits per heavy atom. The third kappa shape index (κ3) is 2.73. The van der Waals surface area contributed by atoms with E-state index in [1.165, 1.54) is 19.4 Å². The molecule has 2 saturated heterocycles. The molecule has 0 spiro atoms. The summed E-state index contributed by atoms with van der Waals surface area (Å²) in [6.45, 7) is 7.41. The van der Waals surface area contributed by atoms with Crippen molar-refractivity contribution in [2.45, 2.75) is 58.0 Å². The third-order valence-corrected chi connectivity index (χ3v) is 5.05. The van der Waals surface area contributed by atoms with Gasteiger partial charge in [-0.15, -0.1) is 0 Å². The zero-order valence-electron chi connectivity index (χ0n) is 13.2. The van der Waals surface area contributed by atoms with E-state index < -0.39 is 0 Å². The highest BCUT2D eigenvalue weighted by atomic mass is 16.4. The average molecular weight is 290 g/mol. The lowest BCUT2D eigenvalue weighted by molar-refractivity contribution is 0.0617. The molecule has 2 fully saturated rings. The highest BCUT2D eigenvalue weighted by molar-refractivity contribution is 5.92. The number of furan rings is 1. The van der Waals surface area contributed by atoms with Gasteiger partial charge in [-0.2, -0.15) is 0 Å². The van der Waals surface area contributed by atoms with E-state index in [4.69, 9.17) is 4.42 Å². The van der Waals surface area contributed by atoms with Gasteiger partial charge in [-0.05, 0) is 50.9 Å². The fourth-order valence-corrected chi connectivity index (χ4v) is 3.95. The molecule has 0 aliphatic carbocycles. The van der Waals surface area contributed by atoms with Crippen LogP contribution in [0.4, 0.5) is 0 Å². The topological polar surface area (TPSA) is 36.7 Å². The monoisotopic (exact) mass is 290 g/mol. The molecule has 21 heavy (non-hydrogen) atoms. The Hall–Kier alpha value is -1.29. The first-order valence-corrected chi connectivity index (χ1v) is 8.38. The second-order valence-electron chi connectivity index (χ2n) is 6.17. The number of rotatable bonds is 4. The molecule has 0 saturated carbocycles. The van der Waals surface area contributed by atoms with Gasteiger partial charge in [0.2, 0.25) is 0 Å². The summed E-state index contributed by atoms with van der Waals surface area (Å²) >= 11 is 0. The summed E-state index contributed by atoms with van der Waals surface area (Å²) in [6, 6.07) is 4.67. The van der Waals surface area contributed by atoms with Crippen molar-refractivity contribution >= 4 is 5.91 Å². The molecule has 0 unspecified atom stereocenters. The van der Waals surface area contributed by atoms with E-state index in [1.807, 2.05) is 19.1 Å². The number of amides is 1. The van der Waals surface area contributed by atoms with Gasteiger partial charge in [0.25, 0.3) is 5.91 Å². The van der Waals surface area contributed by atoms with Gasteiger partial charge in [0.05, 0.1) is 0 Å². The molecule has 0 N–H and O–H groups in total. The molecule has 0 bridgehead atoms. The molecule has 4 nitrogen and oxygen atoms in total. The van der Waals surface area contributed by atoms with Crippen LogP contribution in [0.5, 0.6) is 0 Å². The Balaban J connectivity index is 1.75. The Morgan fingerprint density at radius 3 is 2.67 bits per heavy atom. The predicted octanol–water partition coefficient (Wildman–Crippen LogP) is 2.93. The summed E-state index contributed by atoms with van der Waals surface area (Å²) in [7, 11) is 0. The van der Waals surface area contributed by atoms with Gasteiger partial charge in [0, 0.05) is 25.0 Å². The van der Waals surface area contributed by atoms with Crippen LogP contribution < -0.4 is 0 Å². The molecule has 1 aromatic rings. The minimum Gasteiger partial charge on any atom is -0.456 e. The summed E-state index contributed by atoms with van der Waals surface area (Å²) in [4.78, 5) is 17.4. The molecule has 3 heterocycles. The van der Waals surface area contributed by atoms with Crippen molar-refractivity contribution < 1.29 is 9.21 Å². The number of aryl methyl sites for hydroxylation is 1. The number of carbonyl (C=O) groups excluding carboxylic acids is 1. The maximum Gasteiger partial charge on any atom is 0.289 e. The molecule has 0 aromatic carbocycles. The quantitative estimate of drug-likeness (QED) is 0.855. The van der Waals surface area contributed by atoms with Crippen LogP contribution in [0.15, 0.2) is 16.5 Å². The Labute approximate surface area is 127 Å². The molecule has 1 aromatic heterocycles. The van der Waals surface area contributed by atoms with Gasteiger partial charge in [-0.1, -0.05) is 13.8 Å². The lowest BCUT2D eigenvalue weighted by atomic mass is 10.0. The predicted molar refractivity (Wildman–Crippen MR) is 82.4 cm³/mol. The van der Waals surface area contributed by atoms with Crippen LogP contribution in [0.3, 0.4) is 0 Å². The van der Waals surface area contributed by atoms with Gasteiger partial charge in [-0.3, -0.25) is 9.69 Å².